The minimum Gasteiger partial charge on any atom is -0.493 e. The molecule has 2 aliphatic heterocycles. The Morgan fingerprint density at radius 3 is 2.47 bits per heavy atom. The van der Waals surface area contributed by atoms with Crippen LogP contribution in [0.3, 0.4) is 0 Å². The van der Waals surface area contributed by atoms with E-state index in [1.165, 1.54) is 18.4 Å². The zero-order valence-electron chi connectivity index (χ0n) is 17.1. The van der Waals surface area contributed by atoms with Gasteiger partial charge in [0.25, 0.3) is 0 Å². The maximum atomic E-state index is 5.49. The van der Waals surface area contributed by atoms with Crippen LogP contribution in [0.15, 0.2) is 40.9 Å². The van der Waals surface area contributed by atoms with Gasteiger partial charge in [0.2, 0.25) is 11.9 Å². The van der Waals surface area contributed by atoms with Crippen LogP contribution in [0.25, 0.3) is 5.69 Å². The van der Waals surface area contributed by atoms with E-state index in [9.17, 15) is 0 Å². The first-order valence-corrected chi connectivity index (χ1v) is 10.9. The molecule has 156 valence electrons. The number of rotatable bonds is 5. The molecule has 1 aromatic heterocycles. The number of aromatic nitrogens is 3. The van der Waals surface area contributed by atoms with Crippen molar-refractivity contribution in [1.82, 2.24) is 14.8 Å². The minimum absolute atomic E-state index is 0.699. The fraction of sp³-hybridized carbons (Fsp3) is 0.364. The average Bonchev–Trinajstić information content (AvgIpc) is 3.43. The highest BCUT2D eigenvalue weighted by Gasteiger charge is 2.30. The van der Waals surface area contributed by atoms with Gasteiger partial charge in [-0.1, -0.05) is 22.0 Å². The molecule has 1 fully saturated rings. The highest BCUT2D eigenvalue weighted by atomic mass is 79.9. The number of hydrogen-bond acceptors (Lipinski definition) is 6. The lowest BCUT2D eigenvalue weighted by Gasteiger charge is -2.32. The molecule has 0 saturated carbocycles. The number of methoxy groups -OCH3 is 2. The van der Waals surface area contributed by atoms with Crippen molar-refractivity contribution in [3.63, 3.8) is 0 Å². The third-order valence-electron chi connectivity index (χ3n) is 5.77. The molecule has 3 aromatic rings. The Morgan fingerprint density at radius 2 is 1.70 bits per heavy atom. The number of benzene rings is 2. The summed E-state index contributed by atoms with van der Waals surface area (Å²) in [6.07, 6.45) is 2.40. The van der Waals surface area contributed by atoms with Crippen molar-refractivity contribution in [3.05, 3.63) is 52.0 Å². The van der Waals surface area contributed by atoms with E-state index in [0.29, 0.717) is 6.54 Å². The van der Waals surface area contributed by atoms with E-state index >= 15 is 0 Å². The second-order valence-corrected chi connectivity index (χ2v) is 8.56. The Balaban J connectivity index is 1.55. The number of halogens is 1. The SMILES string of the molecule is COc1ccc(CN2Cc3cc(Br)ccc3-n3c(N4CCCC4)nnc32)cc1OC. The summed E-state index contributed by atoms with van der Waals surface area (Å²) in [5, 5.41) is 9.20. The second kappa shape index (κ2) is 7.83. The summed E-state index contributed by atoms with van der Waals surface area (Å²) in [6, 6.07) is 12.5. The van der Waals surface area contributed by atoms with E-state index < -0.39 is 0 Å². The van der Waals surface area contributed by atoms with Gasteiger partial charge in [-0.3, -0.25) is 0 Å². The molecule has 0 atom stereocenters. The average molecular weight is 470 g/mol. The molecule has 3 heterocycles. The van der Waals surface area contributed by atoms with Crippen molar-refractivity contribution >= 4 is 27.8 Å². The molecule has 8 heteroatoms. The molecule has 0 bridgehead atoms. The Bertz CT molecular complexity index is 1080. The summed E-state index contributed by atoms with van der Waals surface area (Å²) < 4.78 is 14.2. The molecule has 0 amide bonds. The monoisotopic (exact) mass is 469 g/mol. The minimum atomic E-state index is 0.699. The van der Waals surface area contributed by atoms with Gasteiger partial charge < -0.3 is 19.3 Å². The number of ether oxygens (including phenoxy) is 2. The maximum absolute atomic E-state index is 5.49. The van der Waals surface area contributed by atoms with Crippen molar-refractivity contribution in [2.45, 2.75) is 25.9 Å². The lowest BCUT2D eigenvalue weighted by Crippen LogP contribution is -2.31. The number of hydrogen-bond donors (Lipinski definition) is 0. The van der Waals surface area contributed by atoms with Crippen LogP contribution in [-0.2, 0) is 13.1 Å². The number of nitrogens with zero attached hydrogens (tertiary/aromatic N) is 5. The maximum Gasteiger partial charge on any atom is 0.234 e. The number of fused-ring (bicyclic) bond motifs is 3. The Morgan fingerprint density at radius 1 is 0.933 bits per heavy atom. The third-order valence-corrected chi connectivity index (χ3v) is 6.26. The number of anilines is 2. The third kappa shape index (κ3) is 3.29. The van der Waals surface area contributed by atoms with Crippen LogP contribution in [0, 0.1) is 0 Å². The topological polar surface area (TPSA) is 55.7 Å². The first-order chi connectivity index (χ1) is 14.7. The molecule has 2 aromatic carbocycles. The van der Waals surface area contributed by atoms with Crippen LogP contribution in [0.5, 0.6) is 11.5 Å². The summed E-state index contributed by atoms with van der Waals surface area (Å²) in [4.78, 5) is 4.60. The Kier molecular flexibility index (Phi) is 5.02. The fourth-order valence-corrected chi connectivity index (χ4v) is 4.72. The van der Waals surface area contributed by atoms with Crippen molar-refractivity contribution in [1.29, 1.82) is 0 Å². The van der Waals surface area contributed by atoms with E-state index in [1.54, 1.807) is 14.2 Å². The van der Waals surface area contributed by atoms with Gasteiger partial charge in [-0.05, 0) is 54.3 Å². The van der Waals surface area contributed by atoms with Crippen LogP contribution in [0.2, 0.25) is 0 Å². The molecule has 1 saturated heterocycles. The van der Waals surface area contributed by atoms with E-state index in [0.717, 1.165) is 58.8 Å². The second-order valence-electron chi connectivity index (χ2n) is 7.65. The van der Waals surface area contributed by atoms with Crippen LogP contribution in [0.1, 0.15) is 24.0 Å². The molecule has 0 N–H and O–H groups in total. The first kappa shape index (κ1) is 19.2. The predicted octanol–water partition coefficient (Wildman–Crippen LogP) is 4.17. The fourth-order valence-electron chi connectivity index (χ4n) is 4.31. The lowest BCUT2D eigenvalue weighted by atomic mass is 10.1. The summed E-state index contributed by atoms with van der Waals surface area (Å²) in [5.41, 5.74) is 3.53. The van der Waals surface area contributed by atoms with Gasteiger partial charge in [0.05, 0.1) is 19.9 Å². The van der Waals surface area contributed by atoms with E-state index in [1.807, 2.05) is 12.1 Å². The van der Waals surface area contributed by atoms with Gasteiger partial charge >= 0.3 is 0 Å². The van der Waals surface area contributed by atoms with Crippen LogP contribution < -0.4 is 19.3 Å². The summed E-state index contributed by atoms with van der Waals surface area (Å²) in [7, 11) is 3.31. The molecule has 0 spiro atoms. The van der Waals surface area contributed by atoms with Gasteiger partial charge in [-0.25, -0.2) is 4.57 Å². The molecule has 0 radical (unpaired) electrons. The quantitative estimate of drug-likeness (QED) is 0.558. The van der Waals surface area contributed by atoms with E-state index in [2.05, 4.69) is 64.8 Å². The molecule has 5 rings (SSSR count). The molecule has 2 aliphatic rings. The smallest absolute Gasteiger partial charge is 0.234 e. The molecular formula is C22H24BrN5O2. The summed E-state index contributed by atoms with van der Waals surface area (Å²) >= 11 is 3.63. The molecule has 0 aliphatic carbocycles. The molecule has 7 nitrogen and oxygen atoms in total. The zero-order valence-corrected chi connectivity index (χ0v) is 18.7. The van der Waals surface area contributed by atoms with Crippen LogP contribution >= 0.6 is 15.9 Å². The highest BCUT2D eigenvalue weighted by Crippen LogP contribution is 2.37. The molecular weight excluding hydrogens is 446 g/mol. The zero-order chi connectivity index (χ0) is 20.7. The van der Waals surface area contributed by atoms with Gasteiger partial charge in [-0.2, -0.15) is 0 Å². The van der Waals surface area contributed by atoms with Gasteiger partial charge in [0, 0.05) is 30.7 Å². The van der Waals surface area contributed by atoms with Crippen molar-refractivity contribution in [2.75, 3.05) is 37.1 Å². The van der Waals surface area contributed by atoms with E-state index in [-0.39, 0.29) is 0 Å². The standard InChI is InChI=1S/C22H24BrN5O2/c1-29-19-8-5-15(11-20(19)30-2)13-27-14-16-12-17(23)6-7-18(16)28-21(24-25-22(27)28)26-9-3-4-10-26/h5-8,11-12H,3-4,9-10,13-14H2,1-2H3. The van der Waals surface area contributed by atoms with Gasteiger partial charge in [0.1, 0.15) is 0 Å². The molecule has 0 unspecified atom stereocenters. The lowest BCUT2D eigenvalue weighted by molar-refractivity contribution is 0.354. The summed E-state index contributed by atoms with van der Waals surface area (Å²) in [5.74, 6) is 3.27. The van der Waals surface area contributed by atoms with Crippen molar-refractivity contribution in [3.8, 4) is 17.2 Å². The Hall–Kier alpha value is -2.74. The Labute approximate surface area is 184 Å². The molecule has 30 heavy (non-hydrogen) atoms. The van der Waals surface area contributed by atoms with Gasteiger partial charge in [0.15, 0.2) is 11.5 Å². The van der Waals surface area contributed by atoms with Crippen LogP contribution in [0.4, 0.5) is 11.9 Å². The predicted molar refractivity (Wildman–Crippen MR) is 120 cm³/mol. The van der Waals surface area contributed by atoms with E-state index in [4.69, 9.17) is 9.47 Å². The highest BCUT2D eigenvalue weighted by molar-refractivity contribution is 9.10. The van der Waals surface area contributed by atoms with Crippen molar-refractivity contribution < 1.29 is 9.47 Å². The normalized spacial score (nSPS) is 15.2. The largest absolute Gasteiger partial charge is 0.493 e. The summed E-state index contributed by atoms with van der Waals surface area (Å²) in [6.45, 7) is 3.52. The van der Waals surface area contributed by atoms with Gasteiger partial charge in [-0.15, -0.1) is 10.2 Å². The van der Waals surface area contributed by atoms with Crippen molar-refractivity contribution in [2.24, 2.45) is 0 Å². The van der Waals surface area contributed by atoms with Crippen LogP contribution in [-0.4, -0.2) is 42.1 Å². The first-order valence-electron chi connectivity index (χ1n) is 10.1.